The van der Waals surface area contributed by atoms with Crippen LogP contribution in [0.4, 0.5) is 5.69 Å². The average Bonchev–Trinajstić information content (AvgIpc) is 2.46. The maximum absolute atomic E-state index is 12.1. The summed E-state index contributed by atoms with van der Waals surface area (Å²) in [6.45, 7) is 6.38. The van der Waals surface area contributed by atoms with Crippen LogP contribution in [0.2, 0.25) is 10.0 Å². The average molecular weight is 337 g/mol. The van der Waals surface area contributed by atoms with E-state index in [1.165, 1.54) is 5.56 Å². The number of hydrogen-bond donors (Lipinski definition) is 2. The number of carbonyl (C=O) groups excluding carboxylic acids is 1. The van der Waals surface area contributed by atoms with E-state index in [-0.39, 0.29) is 11.3 Å². The highest BCUT2D eigenvalue weighted by Crippen LogP contribution is 2.29. The minimum Gasteiger partial charge on any atom is -0.295 e. The van der Waals surface area contributed by atoms with Crippen LogP contribution >= 0.6 is 23.2 Å². The molecule has 0 saturated heterocycles. The summed E-state index contributed by atoms with van der Waals surface area (Å²) in [4.78, 5) is 12.1. The molecule has 5 heteroatoms. The van der Waals surface area contributed by atoms with Crippen molar-refractivity contribution >= 4 is 34.8 Å². The molecule has 2 aromatic rings. The molecule has 0 heterocycles. The van der Waals surface area contributed by atoms with Crippen molar-refractivity contribution < 1.29 is 4.79 Å². The number of carbonyl (C=O) groups is 1. The first-order chi connectivity index (χ1) is 10.3. The van der Waals surface area contributed by atoms with Gasteiger partial charge in [-0.05, 0) is 35.2 Å². The third-order valence-corrected chi connectivity index (χ3v) is 3.91. The minimum absolute atomic E-state index is 0.0539. The molecule has 0 aromatic heterocycles. The van der Waals surface area contributed by atoms with Crippen molar-refractivity contribution in [1.82, 2.24) is 5.43 Å². The van der Waals surface area contributed by atoms with Crippen molar-refractivity contribution in [3.63, 3.8) is 0 Å². The molecular formula is C17H18Cl2N2O. The van der Waals surface area contributed by atoms with Gasteiger partial charge in [-0.1, -0.05) is 62.2 Å². The molecule has 116 valence electrons. The Morgan fingerprint density at radius 2 is 1.50 bits per heavy atom. The standard InChI is InChI=1S/C17H18Cl2N2O/c1-17(2,3)12-9-7-11(8-10-12)16(22)21-20-15-13(18)5-4-6-14(15)19/h4-10,20H,1-3H3,(H,21,22). The number of hydrazine groups is 1. The van der Waals surface area contributed by atoms with Gasteiger partial charge in [-0.15, -0.1) is 0 Å². The van der Waals surface area contributed by atoms with Crippen molar-refractivity contribution in [2.75, 3.05) is 5.43 Å². The third kappa shape index (κ3) is 3.93. The molecule has 2 N–H and O–H groups in total. The zero-order chi connectivity index (χ0) is 16.3. The van der Waals surface area contributed by atoms with Crippen molar-refractivity contribution in [2.45, 2.75) is 26.2 Å². The van der Waals surface area contributed by atoms with Gasteiger partial charge in [0.05, 0.1) is 15.7 Å². The molecule has 2 rings (SSSR count). The van der Waals surface area contributed by atoms with Gasteiger partial charge in [-0.2, -0.15) is 0 Å². The van der Waals surface area contributed by atoms with Crippen LogP contribution in [0.3, 0.4) is 0 Å². The summed E-state index contributed by atoms with van der Waals surface area (Å²) in [5.41, 5.74) is 7.62. The third-order valence-electron chi connectivity index (χ3n) is 3.28. The number of hydrogen-bond acceptors (Lipinski definition) is 2. The smallest absolute Gasteiger partial charge is 0.269 e. The number of nitrogens with one attached hydrogen (secondary N) is 2. The fourth-order valence-electron chi connectivity index (χ4n) is 1.93. The van der Waals surface area contributed by atoms with Gasteiger partial charge >= 0.3 is 0 Å². The fraction of sp³-hybridized carbons (Fsp3) is 0.235. The zero-order valence-electron chi connectivity index (χ0n) is 12.7. The van der Waals surface area contributed by atoms with Crippen LogP contribution in [0.1, 0.15) is 36.7 Å². The highest BCUT2D eigenvalue weighted by molar-refractivity contribution is 6.39. The molecule has 0 bridgehead atoms. The van der Waals surface area contributed by atoms with Gasteiger partial charge in [0.1, 0.15) is 0 Å². The quantitative estimate of drug-likeness (QED) is 0.770. The second kappa shape index (κ2) is 6.59. The van der Waals surface area contributed by atoms with E-state index in [1.54, 1.807) is 30.3 Å². The van der Waals surface area contributed by atoms with E-state index in [9.17, 15) is 4.79 Å². The number of para-hydroxylation sites is 1. The van der Waals surface area contributed by atoms with Gasteiger partial charge in [0.2, 0.25) is 0 Å². The monoisotopic (exact) mass is 336 g/mol. The lowest BCUT2D eigenvalue weighted by atomic mass is 9.87. The van der Waals surface area contributed by atoms with E-state index in [0.717, 1.165) is 0 Å². The molecule has 0 aliphatic rings. The van der Waals surface area contributed by atoms with Crippen molar-refractivity contribution in [2.24, 2.45) is 0 Å². The largest absolute Gasteiger partial charge is 0.295 e. The maximum atomic E-state index is 12.1. The molecule has 0 spiro atoms. The molecule has 0 aliphatic heterocycles. The van der Waals surface area contributed by atoms with E-state index < -0.39 is 0 Å². The van der Waals surface area contributed by atoms with Crippen LogP contribution in [0.15, 0.2) is 42.5 Å². The summed E-state index contributed by atoms with van der Waals surface area (Å²) < 4.78 is 0. The molecule has 0 saturated carbocycles. The Hall–Kier alpha value is -1.71. The van der Waals surface area contributed by atoms with Crippen LogP contribution in [0, 0.1) is 0 Å². The Morgan fingerprint density at radius 3 is 2.00 bits per heavy atom. The number of halogens is 2. The molecule has 22 heavy (non-hydrogen) atoms. The molecule has 1 amide bonds. The number of anilines is 1. The van der Waals surface area contributed by atoms with Crippen molar-refractivity contribution in [3.05, 3.63) is 63.6 Å². The Morgan fingerprint density at radius 1 is 0.955 bits per heavy atom. The van der Waals surface area contributed by atoms with E-state index in [0.29, 0.717) is 21.3 Å². The van der Waals surface area contributed by atoms with Crippen molar-refractivity contribution in [1.29, 1.82) is 0 Å². The van der Waals surface area contributed by atoms with E-state index in [2.05, 4.69) is 31.6 Å². The summed E-state index contributed by atoms with van der Waals surface area (Å²) in [7, 11) is 0. The maximum Gasteiger partial charge on any atom is 0.269 e. The van der Waals surface area contributed by atoms with Gasteiger partial charge in [-0.3, -0.25) is 15.6 Å². The second-order valence-corrected chi connectivity index (χ2v) is 6.82. The molecule has 0 radical (unpaired) electrons. The predicted molar refractivity (Wildman–Crippen MR) is 92.7 cm³/mol. The highest BCUT2D eigenvalue weighted by atomic mass is 35.5. The van der Waals surface area contributed by atoms with Crippen LogP contribution in [-0.2, 0) is 5.41 Å². The Kier molecular flexibility index (Phi) is 4.99. The summed E-state index contributed by atoms with van der Waals surface area (Å²) in [6.07, 6.45) is 0. The van der Waals surface area contributed by atoms with Crippen LogP contribution < -0.4 is 10.9 Å². The molecule has 0 atom stereocenters. The molecule has 0 unspecified atom stereocenters. The van der Waals surface area contributed by atoms with Crippen molar-refractivity contribution in [3.8, 4) is 0 Å². The van der Waals surface area contributed by atoms with Gasteiger partial charge in [-0.25, -0.2) is 0 Å². The van der Waals surface area contributed by atoms with Gasteiger partial charge in [0.15, 0.2) is 0 Å². The number of amides is 1. The summed E-state index contributed by atoms with van der Waals surface area (Å²) in [6, 6.07) is 12.6. The highest BCUT2D eigenvalue weighted by Gasteiger charge is 2.14. The van der Waals surface area contributed by atoms with Crippen LogP contribution in [-0.4, -0.2) is 5.91 Å². The first-order valence-electron chi connectivity index (χ1n) is 6.90. The first-order valence-corrected chi connectivity index (χ1v) is 7.65. The predicted octanol–water partition coefficient (Wildman–Crippen LogP) is 5.05. The molecule has 3 nitrogen and oxygen atoms in total. The SMILES string of the molecule is CC(C)(C)c1ccc(C(=O)NNc2c(Cl)cccc2Cl)cc1. The number of benzene rings is 2. The fourth-order valence-corrected chi connectivity index (χ4v) is 2.42. The summed E-state index contributed by atoms with van der Waals surface area (Å²) in [5, 5.41) is 0.881. The Bertz CT molecular complexity index is 656. The molecular weight excluding hydrogens is 319 g/mol. The van der Waals surface area contributed by atoms with E-state index >= 15 is 0 Å². The lowest BCUT2D eigenvalue weighted by Gasteiger charge is -2.19. The van der Waals surface area contributed by atoms with Crippen LogP contribution in [0.25, 0.3) is 0 Å². The van der Waals surface area contributed by atoms with Gasteiger partial charge in [0.25, 0.3) is 5.91 Å². The topological polar surface area (TPSA) is 41.1 Å². The lowest BCUT2D eigenvalue weighted by Crippen LogP contribution is -2.29. The van der Waals surface area contributed by atoms with Gasteiger partial charge < -0.3 is 0 Å². The Labute approximate surface area is 140 Å². The molecule has 0 fully saturated rings. The van der Waals surface area contributed by atoms with E-state index in [1.807, 2.05) is 12.1 Å². The van der Waals surface area contributed by atoms with E-state index in [4.69, 9.17) is 23.2 Å². The first kappa shape index (κ1) is 16.7. The van der Waals surface area contributed by atoms with Crippen LogP contribution in [0.5, 0.6) is 0 Å². The normalized spacial score (nSPS) is 11.1. The number of rotatable bonds is 3. The summed E-state index contributed by atoms with van der Waals surface area (Å²) >= 11 is 12.1. The minimum atomic E-state index is -0.253. The van der Waals surface area contributed by atoms with Gasteiger partial charge in [0, 0.05) is 5.56 Å². The zero-order valence-corrected chi connectivity index (χ0v) is 14.2. The lowest BCUT2D eigenvalue weighted by molar-refractivity contribution is 0.0962. The Balaban J connectivity index is 2.07. The molecule has 2 aromatic carbocycles. The second-order valence-electron chi connectivity index (χ2n) is 6.00. The molecule has 0 aliphatic carbocycles. The summed E-state index contributed by atoms with van der Waals surface area (Å²) in [5.74, 6) is -0.253.